The highest BCUT2D eigenvalue weighted by molar-refractivity contribution is 6.00. The Hall–Kier alpha value is -1.10. The van der Waals surface area contributed by atoms with Crippen molar-refractivity contribution in [3.8, 4) is 0 Å². The number of nitrogens with zero attached hydrogens (tertiary/aromatic N) is 1. The van der Waals surface area contributed by atoms with E-state index in [1.807, 2.05) is 18.7 Å². The van der Waals surface area contributed by atoms with Crippen LogP contribution in [-0.2, 0) is 14.3 Å². The van der Waals surface area contributed by atoms with Crippen molar-refractivity contribution in [3.63, 3.8) is 0 Å². The van der Waals surface area contributed by atoms with Crippen LogP contribution >= 0.6 is 0 Å². The van der Waals surface area contributed by atoms with Crippen LogP contribution in [0.5, 0.6) is 0 Å². The molecule has 3 aliphatic rings. The van der Waals surface area contributed by atoms with Crippen LogP contribution in [0.2, 0.25) is 0 Å². The molecule has 2 saturated heterocycles. The van der Waals surface area contributed by atoms with Crippen LogP contribution in [0.1, 0.15) is 52.4 Å². The van der Waals surface area contributed by atoms with Crippen molar-refractivity contribution in [2.75, 3.05) is 13.2 Å². The van der Waals surface area contributed by atoms with Crippen LogP contribution in [0.25, 0.3) is 0 Å². The summed E-state index contributed by atoms with van der Waals surface area (Å²) < 4.78 is 5.65. The van der Waals surface area contributed by atoms with Gasteiger partial charge in [0.25, 0.3) is 0 Å². The van der Waals surface area contributed by atoms with E-state index in [4.69, 9.17) is 4.74 Å². The number of nitrogens with one attached hydrogen (secondary N) is 1. The first-order chi connectivity index (χ1) is 10.1. The highest BCUT2D eigenvalue weighted by Crippen LogP contribution is 2.42. The minimum absolute atomic E-state index is 0.0128. The van der Waals surface area contributed by atoms with Crippen molar-refractivity contribution in [2.24, 2.45) is 5.92 Å². The first-order valence-electron chi connectivity index (χ1n) is 8.31. The molecule has 1 saturated carbocycles. The summed E-state index contributed by atoms with van der Waals surface area (Å²) >= 11 is 0. The van der Waals surface area contributed by atoms with Gasteiger partial charge in [0.05, 0.1) is 6.10 Å². The van der Waals surface area contributed by atoms with E-state index in [0.717, 1.165) is 38.7 Å². The van der Waals surface area contributed by atoms with Gasteiger partial charge in [0.2, 0.25) is 11.8 Å². The summed E-state index contributed by atoms with van der Waals surface area (Å²) in [6.45, 7) is 5.33. The summed E-state index contributed by atoms with van der Waals surface area (Å²) in [6.07, 6.45) is 6.03. The van der Waals surface area contributed by atoms with Gasteiger partial charge >= 0.3 is 0 Å². The van der Waals surface area contributed by atoms with E-state index in [1.165, 1.54) is 0 Å². The maximum absolute atomic E-state index is 12.9. The topological polar surface area (TPSA) is 58.6 Å². The normalized spacial score (nSPS) is 37.0. The van der Waals surface area contributed by atoms with E-state index in [9.17, 15) is 9.59 Å². The zero-order chi connectivity index (χ0) is 15.0. The number of piperazine rings is 1. The van der Waals surface area contributed by atoms with Gasteiger partial charge in [-0.15, -0.1) is 0 Å². The average molecular weight is 294 g/mol. The van der Waals surface area contributed by atoms with Crippen molar-refractivity contribution in [1.29, 1.82) is 0 Å². The van der Waals surface area contributed by atoms with Crippen molar-refractivity contribution in [1.82, 2.24) is 10.2 Å². The summed E-state index contributed by atoms with van der Waals surface area (Å²) in [5.41, 5.74) is -0.681. The van der Waals surface area contributed by atoms with Crippen molar-refractivity contribution in [2.45, 2.75) is 70.1 Å². The summed E-state index contributed by atoms with van der Waals surface area (Å²) in [5, 5.41) is 3.00. The quantitative estimate of drug-likeness (QED) is 0.835. The Morgan fingerprint density at radius 3 is 2.67 bits per heavy atom. The van der Waals surface area contributed by atoms with Gasteiger partial charge in [-0.25, -0.2) is 0 Å². The minimum Gasteiger partial charge on any atom is -0.378 e. The first-order valence-corrected chi connectivity index (χ1v) is 8.31. The molecule has 21 heavy (non-hydrogen) atoms. The fourth-order valence-corrected chi connectivity index (χ4v) is 3.73. The fraction of sp³-hybridized carbons (Fsp3) is 0.875. The highest BCUT2D eigenvalue weighted by atomic mass is 16.5. The summed E-state index contributed by atoms with van der Waals surface area (Å²) in [5.74, 6) is 0.435. The summed E-state index contributed by atoms with van der Waals surface area (Å²) in [7, 11) is 0. The molecule has 0 aromatic carbocycles. The van der Waals surface area contributed by atoms with Crippen LogP contribution in [0.4, 0.5) is 0 Å². The lowest BCUT2D eigenvalue weighted by Gasteiger charge is -2.44. The molecule has 5 heteroatoms. The summed E-state index contributed by atoms with van der Waals surface area (Å²) in [6, 6.07) is -0.314. The molecule has 0 aromatic heterocycles. The molecule has 0 bridgehead atoms. The van der Waals surface area contributed by atoms with Crippen molar-refractivity contribution in [3.05, 3.63) is 0 Å². The van der Waals surface area contributed by atoms with Crippen LogP contribution in [-0.4, -0.2) is 47.6 Å². The van der Waals surface area contributed by atoms with Gasteiger partial charge in [0, 0.05) is 13.2 Å². The Morgan fingerprint density at radius 2 is 2.10 bits per heavy atom. The number of ether oxygens (including phenoxy) is 1. The molecule has 5 nitrogen and oxygen atoms in total. The number of amides is 2. The van der Waals surface area contributed by atoms with Gasteiger partial charge in [-0.05, 0) is 51.4 Å². The number of rotatable bonds is 5. The Bertz CT molecular complexity index is 429. The molecule has 2 aliphatic heterocycles. The third kappa shape index (κ3) is 2.68. The molecule has 2 heterocycles. The van der Waals surface area contributed by atoms with Crippen LogP contribution in [0.15, 0.2) is 0 Å². The Morgan fingerprint density at radius 1 is 1.33 bits per heavy atom. The van der Waals surface area contributed by atoms with Gasteiger partial charge in [-0.2, -0.15) is 0 Å². The zero-order valence-corrected chi connectivity index (χ0v) is 13.1. The first kappa shape index (κ1) is 14.8. The lowest BCUT2D eigenvalue weighted by atomic mass is 9.88. The standard InChI is InChI=1S/C16H26N2O3/c1-3-13-14(19)17-16(2,11-6-7-11)15(20)18(13)9-8-12-5-4-10-21-12/h11-13H,3-10H2,1-2H3,(H,17,19). The van der Waals surface area contributed by atoms with Gasteiger partial charge in [0.1, 0.15) is 11.6 Å². The zero-order valence-electron chi connectivity index (χ0n) is 13.1. The van der Waals surface area contributed by atoms with E-state index >= 15 is 0 Å². The monoisotopic (exact) mass is 294 g/mol. The Balaban J connectivity index is 1.72. The predicted molar refractivity (Wildman–Crippen MR) is 78.7 cm³/mol. The molecule has 0 radical (unpaired) electrons. The molecular formula is C16H26N2O3. The molecule has 3 atom stereocenters. The molecule has 3 rings (SSSR count). The van der Waals surface area contributed by atoms with Gasteiger partial charge in [-0.1, -0.05) is 6.92 Å². The van der Waals surface area contributed by atoms with E-state index in [1.54, 1.807) is 0 Å². The van der Waals surface area contributed by atoms with E-state index in [-0.39, 0.29) is 24.0 Å². The Labute approximate surface area is 126 Å². The molecule has 3 unspecified atom stereocenters. The molecular weight excluding hydrogens is 268 g/mol. The molecule has 0 spiro atoms. The van der Waals surface area contributed by atoms with Crippen molar-refractivity contribution < 1.29 is 14.3 Å². The predicted octanol–water partition coefficient (Wildman–Crippen LogP) is 1.46. The number of hydrogen-bond donors (Lipinski definition) is 1. The molecule has 1 N–H and O–H groups in total. The third-order valence-corrected chi connectivity index (χ3v) is 5.26. The van der Waals surface area contributed by atoms with Crippen LogP contribution < -0.4 is 5.32 Å². The van der Waals surface area contributed by atoms with Gasteiger partial charge in [-0.3, -0.25) is 9.59 Å². The second kappa shape index (κ2) is 5.59. The van der Waals surface area contributed by atoms with E-state index < -0.39 is 5.54 Å². The summed E-state index contributed by atoms with van der Waals surface area (Å²) in [4.78, 5) is 27.1. The minimum atomic E-state index is -0.681. The second-order valence-corrected chi connectivity index (χ2v) is 6.81. The number of hydrogen-bond acceptors (Lipinski definition) is 3. The number of carbonyl (C=O) groups excluding carboxylic acids is 2. The van der Waals surface area contributed by atoms with Gasteiger partial charge in [0.15, 0.2) is 0 Å². The molecule has 118 valence electrons. The van der Waals surface area contributed by atoms with Crippen molar-refractivity contribution >= 4 is 11.8 Å². The smallest absolute Gasteiger partial charge is 0.249 e. The SMILES string of the molecule is CCC1C(=O)NC(C)(C2CC2)C(=O)N1CCC1CCCO1. The Kier molecular flexibility index (Phi) is 3.95. The molecule has 1 aliphatic carbocycles. The molecule has 2 amide bonds. The van der Waals surface area contributed by atoms with Crippen LogP contribution in [0, 0.1) is 5.92 Å². The molecule has 3 fully saturated rings. The fourth-order valence-electron chi connectivity index (χ4n) is 3.73. The maximum Gasteiger partial charge on any atom is 0.249 e. The van der Waals surface area contributed by atoms with Crippen LogP contribution in [0.3, 0.4) is 0 Å². The largest absolute Gasteiger partial charge is 0.378 e. The lowest BCUT2D eigenvalue weighted by Crippen LogP contribution is -2.70. The highest BCUT2D eigenvalue weighted by Gasteiger charge is 2.54. The number of carbonyl (C=O) groups is 2. The second-order valence-electron chi connectivity index (χ2n) is 6.81. The average Bonchev–Trinajstić information content (AvgIpc) is 3.20. The van der Waals surface area contributed by atoms with E-state index in [2.05, 4.69) is 5.32 Å². The molecule has 0 aromatic rings. The maximum atomic E-state index is 12.9. The third-order valence-electron chi connectivity index (χ3n) is 5.26. The lowest BCUT2D eigenvalue weighted by molar-refractivity contribution is -0.155. The van der Waals surface area contributed by atoms with E-state index in [0.29, 0.717) is 18.9 Å². The van der Waals surface area contributed by atoms with Gasteiger partial charge < -0.3 is 15.0 Å².